The van der Waals surface area contributed by atoms with E-state index in [0.29, 0.717) is 25.2 Å². The standard InChI is InChI=1S/C23H29NO4.C6H13NO2/c1-3-7-18-10-12-19(13-11-18)14-15-21(22(25)26)24-17(2)23(27)28-16-20-8-5-4-6-9-20;1-4(2)3-5(7)6(8)9/h4-6,8-13,17,21,24H,3,7,14-16H2,1-2H3,(H,25,26);4-5H,3,7H2,1-2H3,(H,8,9)/t17-,21+;/m1./s1. The van der Waals surface area contributed by atoms with Crippen molar-refractivity contribution >= 4 is 17.9 Å². The largest absolute Gasteiger partial charge is 0.480 e. The van der Waals surface area contributed by atoms with Crippen LogP contribution in [0.3, 0.4) is 0 Å². The molecule has 0 amide bonds. The molecule has 0 aliphatic heterocycles. The lowest BCUT2D eigenvalue weighted by atomic mass is 10.0. The minimum atomic E-state index is -0.967. The fraction of sp³-hybridized carbons (Fsp3) is 0.483. The molecule has 37 heavy (non-hydrogen) atoms. The summed E-state index contributed by atoms with van der Waals surface area (Å²) in [7, 11) is 0. The molecule has 0 aliphatic carbocycles. The average Bonchev–Trinajstić information content (AvgIpc) is 2.86. The van der Waals surface area contributed by atoms with Gasteiger partial charge in [0.1, 0.15) is 24.7 Å². The number of aliphatic carboxylic acids is 2. The maximum absolute atomic E-state index is 12.2. The van der Waals surface area contributed by atoms with E-state index in [9.17, 15) is 19.5 Å². The molecule has 2 rings (SSSR count). The number of esters is 1. The molecule has 1 unspecified atom stereocenters. The number of nitrogens with two attached hydrogens (primary N) is 1. The van der Waals surface area contributed by atoms with Gasteiger partial charge in [-0.05, 0) is 55.2 Å². The maximum Gasteiger partial charge on any atom is 0.323 e. The Morgan fingerprint density at radius 2 is 1.43 bits per heavy atom. The zero-order chi connectivity index (χ0) is 27.8. The fourth-order valence-corrected chi connectivity index (χ4v) is 3.58. The lowest BCUT2D eigenvalue weighted by Gasteiger charge is -2.19. The highest BCUT2D eigenvalue weighted by atomic mass is 16.5. The molecule has 0 radical (unpaired) electrons. The van der Waals surface area contributed by atoms with Gasteiger partial charge in [0.15, 0.2) is 0 Å². The van der Waals surface area contributed by atoms with Gasteiger partial charge in [0.25, 0.3) is 0 Å². The highest BCUT2D eigenvalue weighted by Gasteiger charge is 2.24. The van der Waals surface area contributed by atoms with Gasteiger partial charge in [-0.15, -0.1) is 0 Å². The van der Waals surface area contributed by atoms with Crippen LogP contribution in [0.15, 0.2) is 54.6 Å². The van der Waals surface area contributed by atoms with Crippen LogP contribution in [-0.2, 0) is 38.6 Å². The predicted molar refractivity (Wildman–Crippen MR) is 144 cm³/mol. The summed E-state index contributed by atoms with van der Waals surface area (Å²) < 4.78 is 5.28. The summed E-state index contributed by atoms with van der Waals surface area (Å²) in [5, 5.41) is 20.7. The van der Waals surface area contributed by atoms with Crippen molar-refractivity contribution in [2.24, 2.45) is 11.7 Å². The molecule has 0 bridgehead atoms. The first kappa shape index (κ1) is 31.8. The molecule has 0 aliphatic rings. The molecule has 2 aromatic carbocycles. The van der Waals surface area contributed by atoms with Gasteiger partial charge >= 0.3 is 17.9 Å². The summed E-state index contributed by atoms with van der Waals surface area (Å²) in [6, 6.07) is 15.5. The van der Waals surface area contributed by atoms with Crippen molar-refractivity contribution in [1.82, 2.24) is 5.32 Å². The van der Waals surface area contributed by atoms with Crippen LogP contribution in [0.5, 0.6) is 0 Å². The van der Waals surface area contributed by atoms with Crippen molar-refractivity contribution < 1.29 is 29.3 Å². The third-order valence-corrected chi connectivity index (χ3v) is 5.65. The average molecular weight is 515 g/mol. The smallest absolute Gasteiger partial charge is 0.323 e. The molecule has 5 N–H and O–H groups in total. The van der Waals surface area contributed by atoms with Crippen molar-refractivity contribution in [1.29, 1.82) is 0 Å². The van der Waals surface area contributed by atoms with Crippen LogP contribution in [0.4, 0.5) is 0 Å². The van der Waals surface area contributed by atoms with Gasteiger partial charge < -0.3 is 20.7 Å². The van der Waals surface area contributed by atoms with Crippen LogP contribution in [0.25, 0.3) is 0 Å². The van der Waals surface area contributed by atoms with Gasteiger partial charge in [-0.3, -0.25) is 19.7 Å². The molecular weight excluding hydrogens is 472 g/mol. The van der Waals surface area contributed by atoms with Crippen LogP contribution in [0, 0.1) is 5.92 Å². The summed E-state index contributed by atoms with van der Waals surface area (Å²) in [6.45, 7) is 7.84. The monoisotopic (exact) mass is 514 g/mol. The van der Waals surface area contributed by atoms with Crippen molar-refractivity contribution in [3.8, 4) is 0 Å². The summed E-state index contributed by atoms with van der Waals surface area (Å²) >= 11 is 0. The van der Waals surface area contributed by atoms with Gasteiger partial charge in [0.2, 0.25) is 0 Å². The van der Waals surface area contributed by atoms with E-state index in [1.165, 1.54) is 5.56 Å². The molecule has 0 heterocycles. The second-order valence-corrected chi connectivity index (χ2v) is 9.55. The van der Waals surface area contributed by atoms with E-state index in [4.69, 9.17) is 15.6 Å². The van der Waals surface area contributed by atoms with Crippen molar-refractivity contribution in [3.05, 3.63) is 71.3 Å². The molecule has 0 fully saturated rings. The van der Waals surface area contributed by atoms with E-state index in [2.05, 4.69) is 24.4 Å². The number of hydrogen-bond acceptors (Lipinski definition) is 6. The number of carbonyl (C=O) groups excluding carboxylic acids is 1. The third-order valence-electron chi connectivity index (χ3n) is 5.65. The number of nitrogens with one attached hydrogen (secondary N) is 1. The van der Waals surface area contributed by atoms with E-state index < -0.39 is 36.0 Å². The molecule has 0 spiro atoms. The van der Waals surface area contributed by atoms with Crippen LogP contribution >= 0.6 is 0 Å². The first-order valence-electron chi connectivity index (χ1n) is 12.8. The summed E-state index contributed by atoms with van der Waals surface area (Å²) in [4.78, 5) is 33.9. The number of hydrogen-bond donors (Lipinski definition) is 4. The van der Waals surface area contributed by atoms with Crippen LogP contribution < -0.4 is 11.1 Å². The van der Waals surface area contributed by atoms with Gasteiger partial charge in [-0.2, -0.15) is 0 Å². The van der Waals surface area contributed by atoms with Gasteiger partial charge in [-0.25, -0.2) is 0 Å². The number of benzene rings is 2. The number of aryl methyl sites for hydroxylation is 2. The Kier molecular flexibility index (Phi) is 14.8. The lowest BCUT2D eigenvalue weighted by Crippen LogP contribution is -2.46. The predicted octanol–water partition coefficient (Wildman–Crippen LogP) is 4.19. The Labute approximate surface area is 220 Å². The van der Waals surface area contributed by atoms with Gasteiger partial charge in [-0.1, -0.05) is 81.8 Å². The molecule has 0 saturated carbocycles. The number of ether oxygens (including phenoxy) is 1. The molecule has 8 heteroatoms. The molecular formula is C29H42N2O6. The summed E-state index contributed by atoms with van der Waals surface area (Å²) in [5.41, 5.74) is 8.49. The fourth-order valence-electron chi connectivity index (χ4n) is 3.58. The van der Waals surface area contributed by atoms with Gasteiger partial charge in [0.05, 0.1) is 0 Å². The van der Waals surface area contributed by atoms with E-state index in [-0.39, 0.29) is 6.61 Å². The Morgan fingerprint density at radius 3 is 1.89 bits per heavy atom. The number of carboxylic acids is 2. The van der Waals surface area contributed by atoms with Crippen molar-refractivity contribution in [2.45, 2.75) is 84.5 Å². The lowest BCUT2D eigenvalue weighted by molar-refractivity contribution is -0.148. The van der Waals surface area contributed by atoms with E-state index >= 15 is 0 Å². The van der Waals surface area contributed by atoms with E-state index in [1.807, 2.05) is 56.3 Å². The Hall–Kier alpha value is -3.23. The Balaban J connectivity index is 0.000000649. The first-order chi connectivity index (χ1) is 17.5. The van der Waals surface area contributed by atoms with Crippen molar-refractivity contribution in [2.75, 3.05) is 0 Å². The topological polar surface area (TPSA) is 139 Å². The minimum absolute atomic E-state index is 0.174. The van der Waals surface area contributed by atoms with Crippen LogP contribution in [0.1, 0.15) is 63.6 Å². The Bertz CT molecular complexity index is 947. The van der Waals surface area contributed by atoms with Crippen LogP contribution in [-0.4, -0.2) is 46.2 Å². The molecule has 0 aromatic heterocycles. The highest BCUT2D eigenvalue weighted by molar-refractivity contribution is 5.78. The molecule has 3 atom stereocenters. The second kappa shape index (κ2) is 17.3. The number of rotatable bonds is 14. The summed E-state index contributed by atoms with van der Waals surface area (Å²) in [5.74, 6) is -1.98. The zero-order valence-corrected chi connectivity index (χ0v) is 22.4. The molecule has 2 aromatic rings. The molecule has 0 saturated heterocycles. The number of carbonyl (C=O) groups is 3. The molecule has 204 valence electrons. The Morgan fingerprint density at radius 1 is 0.865 bits per heavy atom. The highest BCUT2D eigenvalue weighted by Crippen LogP contribution is 2.11. The zero-order valence-electron chi connectivity index (χ0n) is 22.4. The SMILES string of the molecule is CC(C)CC(N)C(=O)O.CCCc1ccc(CC[C@H](N[C@H](C)C(=O)OCc2ccccc2)C(=O)O)cc1. The summed E-state index contributed by atoms with van der Waals surface area (Å²) in [6.07, 6.45) is 3.72. The minimum Gasteiger partial charge on any atom is -0.480 e. The quantitative estimate of drug-likeness (QED) is 0.275. The van der Waals surface area contributed by atoms with Crippen LogP contribution in [0.2, 0.25) is 0 Å². The third kappa shape index (κ3) is 13.6. The molecule has 8 nitrogen and oxygen atoms in total. The first-order valence-corrected chi connectivity index (χ1v) is 12.8. The van der Waals surface area contributed by atoms with Gasteiger partial charge in [0, 0.05) is 0 Å². The normalized spacial score (nSPS) is 13.1. The maximum atomic E-state index is 12.2. The van der Waals surface area contributed by atoms with Crippen molar-refractivity contribution in [3.63, 3.8) is 0 Å². The second-order valence-electron chi connectivity index (χ2n) is 9.55. The van der Waals surface area contributed by atoms with E-state index in [1.54, 1.807) is 6.92 Å². The van der Waals surface area contributed by atoms with E-state index in [0.717, 1.165) is 24.0 Å². The number of carboxylic acid groups (broad SMARTS) is 2.